The molecule has 2 N–H and O–H groups in total. The van der Waals surface area contributed by atoms with Crippen molar-refractivity contribution >= 4 is 0 Å². The van der Waals surface area contributed by atoms with Crippen molar-refractivity contribution in [2.45, 2.75) is 25.7 Å². The summed E-state index contributed by atoms with van der Waals surface area (Å²) in [7, 11) is 1.92. The van der Waals surface area contributed by atoms with Gasteiger partial charge in [0.1, 0.15) is 5.82 Å². The number of hydrogen-bond acceptors (Lipinski definition) is 2. The second kappa shape index (κ2) is 5.97. The minimum atomic E-state index is -0.184. The van der Waals surface area contributed by atoms with Crippen molar-refractivity contribution in [3.63, 3.8) is 0 Å². The smallest absolute Gasteiger partial charge is 0.126 e. The molecule has 0 aliphatic heterocycles. The summed E-state index contributed by atoms with van der Waals surface area (Å²) in [5, 5.41) is 4.41. The van der Waals surface area contributed by atoms with Crippen molar-refractivity contribution in [1.29, 1.82) is 0 Å². The van der Waals surface area contributed by atoms with E-state index in [1.807, 2.05) is 23.9 Å². The van der Waals surface area contributed by atoms with Crippen molar-refractivity contribution in [2.24, 2.45) is 12.8 Å². The number of hydrogen-bond donors (Lipinski definition) is 1. The van der Waals surface area contributed by atoms with E-state index in [9.17, 15) is 4.39 Å². The fourth-order valence-corrected chi connectivity index (χ4v) is 2.31. The largest absolute Gasteiger partial charge is 0.330 e. The van der Waals surface area contributed by atoms with E-state index in [-0.39, 0.29) is 11.7 Å². The van der Waals surface area contributed by atoms with Gasteiger partial charge in [-0.25, -0.2) is 4.39 Å². The molecule has 0 amide bonds. The van der Waals surface area contributed by atoms with Crippen LogP contribution in [0.1, 0.15) is 29.8 Å². The second-order valence-corrected chi connectivity index (χ2v) is 4.76. The minimum absolute atomic E-state index is 0.0127. The summed E-state index contributed by atoms with van der Waals surface area (Å²) in [5.41, 5.74) is 8.65. The van der Waals surface area contributed by atoms with E-state index in [4.69, 9.17) is 5.73 Å². The van der Waals surface area contributed by atoms with Crippen molar-refractivity contribution in [3.05, 3.63) is 53.1 Å². The van der Waals surface area contributed by atoms with Gasteiger partial charge in [-0.05, 0) is 37.1 Å². The first kappa shape index (κ1) is 13.7. The molecule has 1 heterocycles. The van der Waals surface area contributed by atoms with E-state index in [1.54, 1.807) is 6.07 Å². The van der Waals surface area contributed by atoms with Gasteiger partial charge in [0.15, 0.2) is 0 Å². The van der Waals surface area contributed by atoms with E-state index < -0.39 is 0 Å². The Balaban J connectivity index is 2.24. The van der Waals surface area contributed by atoms with Crippen LogP contribution in [0.3, 0.4) is 0 Å². The summed E-state index contributed by atoms with van der Waals surface area (Å²) in [6.07, 6.45) is 1.61. The normalized spacial score (nSPS) is 12.6. The Bertz CT molecular complexity index is 548. The van der Waals surface area contributed by atoms with E-state index in [0.29, 0.717) is 18.5 Å². The number of aromatic nitrogens is 2. The molecule has 19 heavy (non-hydrogen) atoms. The zero-order chi connectivity index (χ0) is 13.8. The Morgan fingerprint density at radius 1 is 1.37 bits per heavy atom. The third-order valence-corrected chi connectivity index (χ3v) is 3.47. The highest BCUT2D eigenvalue weighted by Gasteiger charge is 2.16. The third kappa shape index (κ3) is 3.01. The zero-order valence-electron chi connectivity index (χ0n) is 11.4. The predicted molar refractivity (Wildman–Crippen MR) is 74.5 cm³/mol. The number of benzene rings is 1. The molecule has 0 bridgehead atoms. The lowest BCUT2D eigenvalue weighted by molar-refractivity contribution is 0.563. The van der Waals surface area contributed by atoms with Crippen LogP contribution in [0.2, 0.25) is 0 Å². The fourth-order valence-electron chi connectivity index (χ4n) is 2.31. The van der Waals surface area contributed by atoms with Crippen LogP contribution in [0.4, 0.5) is 4.39 Å². The molecule has 0 radical (unpaired) electrons. The lowest BCUT2D eigenvalue weighted by atomic mass is 9.93. The monoisotopic (exact) mass is 261 g/mol. The molecule has 0 aliphatic carbocycles. The molecule has 1 aromatic carbocycles. The molecule has 0 aliphatic rings. The summed E-state index contributed by atoms with van der Waals surface area (Å²) in [6, 6.07) is 8.92. The maximum absolute atomic E-state index is 13.8. The van der Waals surface area contributed by atoms with Crippen LogP contribution in [-0.4, -0.2) is 16.3 Å². The van der Waals surface area contributed by atoms with Crippen molar-refractivity contribution < 1.29 is 4.39 Å². The lowest BCUT2D eigenvalue weighted by Crippen LogP contribution is -2.17. The Kier molecular flexibility index (Phi) is 4.32. The highest BCUT2D eigenvalue weighted by atomic mass is 19.1. The van der Waals surface area contributed by atoms with E-state index >= 15 is 0 Å². The van der Waals surface area contributed by atoms with Gasteiger partial charge in [0.2, 0.25) is 0 Å². The van der Waals surface area contributed by atoms with Gasteiger partial charge >= 0.3 is 0 Å². The van der Waals surface area contributed by atoms with Crippen molar-refractivity contribution in [1.82, 2.24) is 9.78 Å². The van der Waals surface area contributed by atoms with E-state index in [1.165, 1.54) is 6.07 Å². The molecule has 102 valence electrons. The van der Waals surface area contributed by atoms with E-state index in [2.05, 4.69) is 18.1 Å². The van der Waals surface area contributed by atoms with Crippen LogP contribution in [0.25, 0.3) is 0 Å². The molecule has 1 aromatic heterocycles. The summed E-state index contributed by atoms with van der Waals surface area (Å²) in [6.45, 7) is 2.50. The number of rotatable bonds is 5. The molecule has 1 atom stereocenters. The summed E-state index contributed by atoms with van der Waals surface area (Å²) in [5.74, 6) is -0.197. The second-order valence-electron chi connectivity index (χ2n) is 4.76. The number of aryl methyl sites for hydroxylation is 2. The van der Waals surface area contributed by atoms with Gasteiger partial charge < -0.3 is 5.73 Å². The van der Waals surface area contributed by atoms with Gasteiger partial charge in [0, 0.05) is 18.7 Å². The van der Waals surface area contributed by atoms with Gasteiger partial charge in [0.05, 0.1) is 5.69 Å². The number of nitrogens with zero attached hydrogens (tertiary/aromatic N) is 2. The molecule has 1 unspecified atom stereocenters. The highest BCUT2D eigenvalue weighted by molar-refractivity contribution is 5.24. The zero-order valence-corrected chi connectivity index (χ0v) is 11.4. The van der Waals surface area contributed by atoms with Gasteiger partial charge in [-0.3, -0.25) is 4.68 Å². The maximum Gasteiger partial charge on any atom is 0.126 e. The minimum Gasteiger partial charge on any atom is -0.330 e. The molecule has 4 heteroatoms. The van der Waals surface area contributed by atoms with E-state index in [0.717, 1.165) is 17.8 Å². The predicted octanol–water partition coefficient (Wildman–Crippen LogP) is 2.41. The number of halogens is 1. The van der Waals surface area contributed by atoms with Crippen molar-refractivity contribution in [2.75, 3.05) is 6.54 Å². The van der Waals surface area contributed by atoms with Crippen LogP contribution < -0.4 is 5.73 Å². The van der Waals surface area contributed by atoms with Crippen LogP contribution >= 0.6 is 0 Å². The molecule has 2 rings (SSSR count). The van der Waals surface area contributed by atoms with Gasteiger partial charge in [-0.2, -0.15) is 5.10 Å². The Morgan fingerprint density at radius 3 is 2.68 bits per heavy atom. The third-order valence-electron chi connectivity index (χ3n) is 3.47. The molecule has 0 saturated carbocycles. The molecular weight excluding hydrogens is 241 g/mol. The number of nitrogens with two attached hydrogens (primary N) is 1. The SMILES string of the molecule is CCc1cc(CC(CN)c2ccccc2F)n(C)n1. The first-order valence-corrected chi connectivity index (χ1v) is 6.62. The summed E-state index contributed by atoms with van der Waals surface area (Å²) in [4.78, 5) is 0. The first-order valence-electron chi connectivity index (χ1n) is 6.62. The van der Waals surface area contributed by atoms with Crippen molar-refractivity contribution in [3.8, 4) is 0 Å². The summed E-state index contributed by atoms with van der Waals surface area (Å²) < 4.78 is 15.7. The Morgan fingerprint density at radius 2 is 2.11 bits per heavy atom. The molecule has 3 nitrogen and oxygen atoms in total. The van der Waals surface area contributed by atoms with Gasteiger partial charge in [-0.15, -0.1) is 0 Å². The first-order chi connectivity index (χ1) is 9.15. The topological polar surface area (TPSA) is 43.8 Å². The standard InChI is InChI=1S/C15H20FN3/c1-3-12-9-13(19(2)18-12)8-11(10-17)14-6-4-5-7-15(14)16/h4-7,9,11H,3,8,10,17H2,1-2H3. The van der Waals surface area contributed by atoms with Crippen LogP contribution in [-0.2, 0) is 19.9 Å². The van der Waals surface area contributed by atoms with Gasteiger partial charge in [-0.1, -0.05) is 25.1 Å². The molecule has 2 aromatic rings. The maximum atomic E-state index is 13.8. The lowest BCUT2D eigenvalue weighted by Gasteiger charge is -2.15. The summed E-state index contributed by atoms with van der Waals surface area (Å²) >= 11 is 0. The molecule has 0 saturated heterocycles. The van der Waals surface area contributed by atoms with Crippen LogP contribution in [0.15, 0.2) is 30.3 Å². The quantitative estimate of drug-likeness (QED) is 0.898. The highest BCUT2D eigenvalue weighted by Crippen LogP contribution is 2.22. The Hall–Kier alpha value is -1.68. The van der Waals surface area contributed by atoms with Crippen LogP contribution in [0, 0.1) is 5.82 Å². The fraction of sp³-hybridized carbons (Fsp3) is 0.400. The molecule has 0 spiro atoms. The average Bonchev–Trinajstić information content (AvgIpc) is 2.77. The van der Waals surface area contributed by atoms with Gasteiger partial charge in [0.25, 0.3) is 0 Å². The molecule has 0 fully saturated rings. The Labute approximate surface area is 113 Å². The molecular formula is C15H20FN3. The van der Waals surface area contributed by atoms with Crippen LogP contribution in [0.5, 0.6) is 0 Å². The average molecular weight is 261 g/mol.